The largest absolute Gasteiger partial charge is 0.300 e. The van der Waals surface area contributed by atoms with Crippen molar-refractivity contribution < 1.29 is 0 Å². The highest BCUT2D eigenvalue weighted by Gasteiger charge is 2.17. The van der Waals surface area contributed by atoms with Crippen molar-refractivity contribution in [3.05, 3.63) is 0 Å². The molecule has 2 heteroatoms. The van der Waals surface area contributed by atoms with Gasteiger partial charge in [0.05, 0.1) is 5.66 Å². The van der Waals surface area contributed by atoms with Gasteiger partial charge in [0.2, 0.25) is 0 Å². The molecule has 0 radical (unpaired) electrons. The molecule has 0 aromatic rings. The summed E-state index contributed by atoms with van der Waals surface area (Å²) < 4.78 is 0. The maximum Gasteiger partial charge on any atom is 0.0649 e. The molecule has 0 heterocycles. The minimum atomic E-state index is 0.135. The first-order valence-corrected chi connectivity index (χ1v) is 3.93. The Labute approximate surface area is 64.6 Å². The van der Waals surface area contributed by atoms with Crippen LogP contribution in [0.25, 0.3) is 0 Å². The van der Waals surface area contributed by atoms with Crippen LogP contribution in [0.2, 0.25) is 0 Å². The van der Waals surface area contributed by atoms with E-state index in [2.05, 4.69) is 45.1 Å². The van der Waals surface area contributed by atoms with Crippen molar-refractivity contribution in [2.24, 2.45) is 0 Å². The number of nitrogens with one attached hydrogen (secondary N) is 1. The molecule has 0 amide bonds. The SMILES string of the molecule is CCCNC(C)(C)N(C)C. The second kappa shape index (κ2) is 3.94. The first-order chi connectivity index (χ1) is 4.50. The van der Waals surface area contributed by atoms with Crippen molar-refractivity contribution in [1.29, 1.82) is 0 Å². The van der Waals surface area contributed by atoms with E-state index in [1.54, 1.807) is 0 Å². The fourth-order valence-electron chi connectivity index (χ4n) is 0.589. The Morgan fingerprint density at radius 2 is 1.80 bits per heavy atom. The van der Waals surface area contributed by atoms with Gasteiger partial charge in [-0.3, -0.25) is 10.2 Å². The van der Waals surface area contributed by atoms with Gasteiger partial charge in [0, 0.05) is 0 Å². The highest BCUT2D eigenvalue weighted by molar-refractivity contribution is 4.72. The molecule has 0 fully saturated rings. The molecule has 0 unspecified atom stereocenters. The van der Waals surface area contributed by atoms with Gasteiger partial charge in [-0.1, -0.05) is 6.92 Å². The molecular formula is C8H20N2. The highest BCUT2D eigenvalue weighted by Crippen LogP contribution is 2.03. The molecular weight excluding hydrogens is 124 g/mol. The summed E-state index contributed by atoms with van der Waals surface area (Å²) in [7, 11) is 4.17. The van der Waals surface area contributed by atoms with E-state index in [1.807, 2.05) is 0 Å². The normalized spacial score (nSPS) is 12.6. The van der Waals surface area contributed by atoms with Crippen molar-refractivity contribution in [2.45, 2.75) is 32.9 Å². The van der Waals surface area contributed by atoms with Crippen LogP contribution in [-0.4, -0.2) is 31.2 Å². The summed E-state index contributed by atoms with van der Waals surface area (Å²) in [6.07, 6.45) is 1.19. The third-order valence-electron chi connectivity index (χ3n) is 1.93. The molecule has 0 aromatic carbocycles. The summed E-state index contributed by atoms with van der Waals surface area (Å²) in [5.41, 5.74) is 0.135. The lowest BCUT2D eigenvalue weighted by Crippen LogP contribution is -2.51. The van der Waals surface area contributed by atoms with Crippen LogP contribution in [0.1, 0.15) is 27.2 Å². The van der Waals surface area contributed by atoms with Gasteiger partial charge in [-0.25, -0.2) is 0 Å². The van der Waals surface area contributed by atoms with Crippen LogP contribution in [0.3, 0.4) is 0 Å². The predicted octanol–water partition coefficient (Wildman–Crippen LogP) is 1.28. The van der Waals surface area contributed by atoms with E-state index in [1.165, 1.54) is 6.42 Å². The van der Waals surface area contributed by atoms with Crippen LogP contribution in [-0.2, 0) is 0 Å². The molecule has 0 aromatic heterocycles. The van der Waals surface area contributed by atoms with Crippen molar-refractivity contribution >= 4 is 0 Å². The second-order valence-electron chi connectivity index (χ2n) is 3.38. The Morgan fingerprint density at radius 1 is 1.30 bits per heavy atom. The molecule has 2 nitrogen and oxygen atoms in total. The van der Waals surface area contributed by atoms with Gasteiger partial charge in [0.25, 0.3) is 0 Å². The van der Waals surface area contributed by atoms with Gasteiger partial charge < -0.3 is 0 Å². The molecule has 0 aliphatic carbocycles. The Kier molecular flexibility index (Phi) is 3.91. The Bertz CT molecular complexity index is 87.3. The summed E-state index contributed by atoms with van der Waals surface area (Å²) in [5.74, 6) is 0. The van der Waals surface area contributed by atoms with Crippen LogP contribution in [0.15, 0.2) is 0 Å². The molecule has 1 N–H and O–H groups in total. The van der Waals surface area contributed by atoms with Gasteiger partial charge in [-0.15, -0.1) is 0 Å². The van der Waals surface area contributed by atoms with Gasteiger partial charge in [-0.05, 0) is 40.9 Å². The van der Waals surface area contributed by atoms with E-state index >= 15 is 0 Å². The molecule has 0 aliphatic heterocycles. The number of hydrogen-bond acceptors (Lipinski definition) is 2. The van der Waals surface area contributed by atoms with E-state index in [0.717, 1.165) is 6.54 Å². The first-order valence-electron chi connectivity index (χ1n) is 3.93. The topological polar surface area (TPSA) is 15.3 Å². The third kappa shape index (κ3) is 3.18. The van der Waals surface area contributed by atoms with Crippen molar-refractivity contribution in [1.82, 2.24) is 10.2 Å². The van der Waals surface area contributed by atoms with Crippen molar-refractivity contribution in [3.63, 3.8) is 0 Å². The average Bonchev–Trinajstić information content (AvgIpc) is 1.84. The predicted molar refractivity (Wildman–Crippen MR) is 46.1 cm³/mol. The zero-order valence-electron chi connectivity index (χ0n) is 7.86. The second-order valence-corrected chi connectivity index (χ2v) is 3.38. The average molecular weight is 144 g/mol. The summed E-state index contributed by atoms with van der Waals surface area (Å²) >= 11 is 0. The molecule has 62 valence electrons. The molecule has 0 aliphatic rings. The minimum absolute atomic E-state index is 0.135. The summed E-state index contributed by atoms with van der Waals surface area (Å²) in [6, 6.07) is 0. The standard InChI is InChI=1S/C8H20N2/c1-6-7-9-8(2,3)10(4)5/h9H,6-7H2,1-5H3. The van der Waals surface area contributed by atoms with E-state index in [-0.39, 0.29) is 5.66 Å². The Hall–Kier alpha value is -0.0800. The lowest BCUT2D eigenvalue weighted by Gasteiger charge is -2.33. The maximum atomic E-state index is 3.43. The number of rotatable bonds is 4. The summed E-state index contributed by atoms with van der Waals surface area (Å²) in [6.45, 7) is 7.63. The van der Waals surface area contributed by atoms with Crippen LogP contribution in [0, 0.1) is 0 Å². The number of nitrogens with zero attached hydrogens (tertiary/aromatic N) is 1. The summed E-state index contributed by atoms with van der Waals surface area (Å²) in [5, 5.41) is 3.43. The molecule has 0 spiro atoms. The van der Waals surface area contributed by atoms with E-state index in [9.17, 15) is 0 Å². The van der Waals surface area contributed by atoms with Crippen LogP contribution in [0.4, 0.5) is 0 Å². The van der Waals surface area contributed by atoms with E-state index < -0.39 is 0 Å². The lowest BCUT2D eigenvalue weighted by molar-refractivity contribution is 0.150. The quantitative estimate of drug-likeness (QED) is 0.598. The zero-order valence-corrected chi connectivity index (χ0v) is 7.86. The molecule has 0 saturated heterocycles. The van der Waals surface area contributed by atoms with Gasteiger partial charge in [0.1, 0.15) is 0 Å². The van der Waals surface area contributed by atoms with Crippen molar-refractivity contribution in [2.75, 3.05) is 20.6 Å². The minimum Gasteiger partial charge on any atom is -0.300 e. The van der Waals surface area contributed by atoms with Gasteiger partial charge in [0.15, 0.2) is 0 Å². The fourth-order valence-corrected chi connectivity index (χ4v) is 0.589. The van der Waals surface area contributed by atoms with E-state index in [4.69, 9.17) is 0 Å². The van der Waals surface area contributed by atoms with Crippen LogP contribution in [0.5, 0.6) is 0 Å². The maximum absolute atomic E-state index is 3.43. The fraction of sp³-hybridized carbons (Fsp3) is 1.00. The van der Waals surface area contributed by atoms with Crippen LogP contribution >= 0.6 is 0 Å². The third-order valence-corrected chi connectivity index (χ3v) is 1.93. The smallest absolute Gasteiger partial charge is 0.0649 e. The monoisotopic (exact) mass is 144 g/mol. The van der Waals surface area contributed by atoms with Crippen molar-refractivity contribution in [3.8, 4) is 0 Å². The zero-order chi connectivity index (χ0) is 8.20. The molecule has 0 rings (SSSR count). The Morgan fingerprint density at radius 3 is 2.10 bits per heavy atom. The van der Waals surface area contributed by atoms with Gasteiger partial charge >= 0.3 is 0 Å². The van der Waals surface area contributed by atoms with Gasteiger partial charge in [-0.2, -0.15) is 0 Å². The molecule has 10 heavy (non-hydrogen) atoms. The van der Waals surface area contributed by atoms with E-state index in [0.29, 0.717) is 0 Å². The number of hydrogen-bond donors (Lipinski definition) is 1. The first kappa shape index (κ1) is 9.92. The molecule has 0 saturated carbocycles. The lowest BCUT2D eigenvalue weighted by atomic mass is 10.2. The van der Waals surface area contributed by atoms with Crippen LogP contribution < -0.4 is 5.32 Å². The highest BCUT2D eigenvalue weighted by atomic mass is 15.3. The summed E-state index contributed by atoms with van der Waals surface area (Å²) in [4.78, 5) is 2.18. The Balaban J connectivity index is 3.63. The molecule has 0 bridgehead atoms. The molecule has 0 atom stereocenters.